The van der Waals surface area contributed by atoms with Crippen LogP contribution in [0.4, 0.5) is 0 Å². The molecular formula is C12H17NO3S. The van der Waals surface area contributed by atoms with Gasteiger partial charge < -0.3 is 15.9 Å². The van der Waals surface area contributed by atoms with Gasteiger partial charge in [0.15, 0.2) is 5.12 Å². The first-order valence-electron chi connectivity index (χ1n) is 5.33. The molecule has 0 aliphatic rings. The van der Waals surface area contributed by atoms with Crippen molar-refractivity contribution >= 4 is 16.9 Å². The summed E-state index contributed by atoms with van der Waals surface area (Å²) in [6.07, 6.45) is -1.99. The van der Waals surface area contributed by atoms with Gasteiger partial charge in [0.05, 0.1) is 6.10 Å². The largest absolute Gasteiger partial charge is 0.389 e. The maximum atomic E-state index is 10.8. The monoisotopic (exact) mass is 255 g/mol. The van der Waals surface area contributed by atoms with E-state index in [9.17, 15) is 15.0 Å². The van der Waals surface area contributed by atoms with Crippen molar-refractivity contribution in [1.29, 1.82) is 0 Å². The van der Waals surface area contributed by atoms with Crippen molar-refractivity contribution in [3.05, 3.63) is 35.4 Å². The lowest BCUT2D eigenvalue weighted by Gasteiger charge is -2.19. The predicted octanol–water partition coefficient (Wildman–Crippen LogP) is 0.819. The molecule has 4 N–H and O–H groups in total. The fraction of sp³-hybridized carbons (Fsp3) is 0.417. The summed E-state index contributed by atoms with van der Waals surface area (Å²) in [5.41, 5.74) is 6.97. The van der Waals surface area contributed by atoms with Crippen LogP contribution in [-0.4, -0.2) is 27.2 Å². The van der Waals surface area contributed by atoms with Crippen LogP contribution in [0.1, 0.15) is 24.2 Å². The van der Waals surface area contributed by atoms with E-state index in [-0.39, 0.29) is 10.9 Å². The number of aliphatic hydroxyl groups excluding tert-OH is 2. The second kappa shape index (κ2) is 6.76. The summed E-state index contributed by atoms with van der Waals surface area (Å²) >= 11 is 0.996. The van der Waals surface area contributed by atoms with Gasteiger partial charge >= 0.3 is 0 Å². The van der Waals surface area contributed by atoms with Crippen molar-refractivity contribution in [2.75, 3.05) is 5.75 Å². The number of thioether (sulfide) groups is 1. The summed E-state index contributed by atoms with van der Waals surface area (Å²) in [6, 6.07) is 7.15. The lowest BCUT2D eigenvalue weighted by molar-refractivity contribution is -0.109. The molecule has 5 heteroatoms. The molecule has 1 rings (SSSR count). The van der Waals surface area contributed by atoms with Gasteiger partial charge in [-0.1, -0.05) is 36.0 Å². The Morgan fingerprint density at radius 2 is 2.06 bits per heavy atom. The van der Waals surface area contributed by atoms with Crippen molar-refractivity contribution in [3.63, 3.8) is 0 Å². The molecule has 0 aliphatic carbocycles. The Bertz CT molecular complexity index is 384. The molecule has 0 aromatic heterocycles. The Hall–Kier alpha value is -0.880. The van der Waals surface area contributed by atoms with Crippen molar-refractivity contribution < 1.29 is 15.0 Å². The van der Waals surface area contributed by atoms with E-state index in [0.717, 1.165) is 17.3 Å². The van der Waals surface area contributed by atoms with E-state index >= 15 is 0 Å². The SMILES string of the molecule is CC(=O)SCC(O)C(O)c1ccccc1CN. The molecule has 0 amide bonds. The maximum absolute atomic E-state index is 10.8. The lowest BCUT2D eigenvalue weighted by Crippen LogP contribution is -2.23. The summed E-state index contributed by atoms with van der Waals surface area (Å²) < 4.78 is 0. The maximum Gasteiger partial charge on any atom is 0.185 e. The molecule has 1 aromatic carbocycles. The summed E-state index contributed by atoms with van der Waals surface area (Å²) in [7, 11) is 0. The van der Waals surface area contributed by atoms with Crippen LogP contribution in [0.15, 0.2) is 24.3 Å². The third kappa shape index (κ3) is 4.12. The number of rotatable bonds is 5. The highest BCUT2D eigenvalue weighted by Crippen LogP contribution is 2.23. The second-order valence-corrected chi connectivity index (χ2v) is 4.91. The summed E-state index contributed by atoms with van der Waals surface area (Å²) in [5.74, 6) is 0.176. The molecule has 17 heavy (non-hydrogen) atoms. The highest BCUT2D eigenvalue weighted by atomic mass is 32.2. The van der Waals surface area contributed by atoms with Crippen LogP contribution in [0, 0.1) is 0 Å². The Balaban J connectivity index is 2.73. The second-order valence-electron chi connectivity index (χ2n) is 3.72. The number of hydrogen-bond acceptors (Lipinski definition) is 5. The van der Waals surface area contributed by atoms with Gasteiger partial charge in [0.2, 0.25) is 0 Å². The minimum absolute atomic E-state index is 0.0802. The fourth-order valence-corrected chi connectivity index (χ4v) is 2.10. The van der Waals surface area contributed by atoms with Gasteiger partial charge in [-0.05, 0) is 11.1 Å². The van der Waals surface area contributed by atoms with Crippen molar-refractivity contribution in [2.24, 2.45) is 5.73 Å². The first kappa shape index (κ1) is 14.2. The Morgan fingerprint density at radius 3 is 2.65 bits per heavy atom. The third-order valence-electron chi connectivity index (χ3n) is 2.42. The Labute approximate surface area is 105 Å². The van der Waals surface area contributed by atoms with Crippen LogP contribution in [0.3, 0.4) is 0 Å². The van der Waals surface area contributed by atoms with Gasteiger partial charge in [0.1, 0.15) is 6.10 Å². The summed E-state index contributed by atoms with van der Waals surface area (Å²) in [6.45, 7) is 1.73. The minimum atomic E-state index is -1.01. The zero-order valence-electron chi connectivity index (χ0n) is 9.67. The molecule has 0 fully saturated rings. The van der Waals surface area contributed by atoms with Crippen LogP contribution in [-0.2, 0) is 11.3 Å². The molecule has 0 bridgehead atoms. The summed E-state index contributed by atoms with van der Waals surface area (Å²) in [4.78, 5) is 10.8. The van der Waals surface area contributed by atoms with E-state index in [2.05, 4.69) is 0 Å². The molecule has 0 aliphatic heterocycles. The molecule has 2 atom stereocenters. The van der Waals surface area contributed by atoms with Crippen LogP contribution in [0.25, 0.3) is 0 Å². The molecule has 4 nitrogen and oxygen atoms in total. The van der Waals surface area contributed by atoms with Crippen LogP contribution < -0.4 is 5.73 Å². The fourth-order valence-electron chi connectivity index (χ4n) is 1.51. The standard InChI is InChI=1S/C12H17NO3S/c1-8(14)17-7-11(15)12(16)10-5-3-2-4-9(10)6-13/h2-5,11-12,15-16H,6-7,13H2,1H3. The van der Waals surface area contributed by atoms with E-state index in [1.165, 1.54) is 6.92 Å². The first-order chi connectivity index (χ1) is 8.06. The van der Waals surface area contributed by atoms with E-state index in [0.29, 0.717) is 12.1 Å². The van der Waals surface area contributed by atoms with E-state index in [4.69, 9.17) is 5.73 Å². The van der Waals surface area contributed by atoms with Crippen LogP contribution >= 0.6 is 11.8 Å². The molecule has 0 radical (unpaired) electrons. The lowest BCUT2D eigenvalue weighted by atomic mass is 9.99. The number of hydrogen-bond donors (Lipinski definition) is 3. The van der Waals surface area contributed by atoms with E-state index in [1.807, 2.05) is 12.1 Å². The number of carbonyl (C=O) groups excluding carboxylic acids is 1. The Morgan fingerprint density at radius 1 is 1.41 bits per heavy atom. The molecule has 0 saturated heterocycles. The number of aliphatic hydroxyl groups is 2. The zero-order chi connectivity index (χ0) is 12.8. The molecule has 94 valence electrons. The highest BCUT2D eigenvalue weighted by Gasteiger charge is 2.20. The van der Waals surface area contributed by atoms with Crippen molar-refractivity contribution in [1.82, 2.24) is 0 Å². The number of benzene rings is 1. The number of carbonyl (C=O) groups is 1. The van der Waals surface area contributed by atoms with Gasteiger partial charge in [0.25, 0.3) is 0 Å². The predicted molar refractivity (Wildman–Crippen MR) is 68.4 cm³/mol. The highest BCUT2D eigenvalue weighted by molar-refractivity contribution is 8.13. The van der Waals surface area contributed by atoms with E-state index in [1.54, 1.807) is 12.1 Å². The van der Waals surface area contributed by atoms with Gasteiger partial charge in [-0.2, -0.15) is 0 Å². The first-order valence-corrected chi connectivity index (χ1v) is 6.32. The molecule has 0 heterocycles. The Kier molecular flexibility index (Phi) is 5.64. The molecule has 1 aromatic rings. The van der Waals surface area contributed by atoms with Crippen LogP contribution in [0.2, 0.25) is 0 Å². The molecule has 0 spiro atoms. The average molecular weight is 255 g/mol. The van der Waals surface area contributed by atoms with Gasteiger partial charge in [-0.3, -0.25) is 4.79 Å². The van der Waals surface area contributed by atoms with Gasteiger partial charge in [0, 0.05) is 19.2 Å². The normalized spacial score (nSPS) is 14.4. The smallest absolute Gasteiger partial charge is 0.185 e. The summed E-state index contributed by atoms with van der Waals surface area (Å²) in [5, 5.41) is 19.7. The molecule has 0 saturated carbocycles. The topological polar surface area (TPSA) is 83.5 Å². The average Bonchev–Trinajstić information content (AvgIpc) is 2.34. The molecular weight excluding hydrogens is 238 g/mol. The van der Waals surface area contributed by atoms with Gasteiger partial charge in [-0.15, -0.1) is 0 Å². The van der Waals surface area contributed by atoms with E-state index < -0.39 is 12.2 Å². The quantitative estimate of drug-likeness (QED) is 0.725. The van der Waals surface area contributed by atoms with Crippen LogP contribution in [0.5, 0.6) is 0 Å². The zero-order valence-corrected chi connectivity index (χ0v) is 10.5. The molecule has 2 unspecified atom stereocenters. The minimum Gasteiger partial charge on any atom is -0.389 e. The number of nitrogens with two attached hydrogens (primary N) is 1. The van der Waals surface area contributed by atoms with Gasteiger partial charge in [-0.25, -0.2) is 0 Å². The van der Waals surface area contributed by atoms with Crippen molar-refractivity contribution in [2.45, 2.75) is 25.7 Å². The third-order valence-corrected chi connectivity index (χ3v) is 3.33. The van der Waals surface area contributed by atoms with Crippen molar-refractivity contribution in [3.8, 4) is 0 Å².